The van der Waals surface area contributed by atoms with Gasteiger partial charge in [-0.3, -0.25) is 4.79 Å². The maximum atomic E-state index is 12.7. The number of carboxylic acid groups (broad SMARTS) is 1. The van der Waals surface area contributed by atoms with Gasteiger partial charge in [0.15, 0.2) is 11.7 Å². The van der Waals surface area contributed by atoms with Crippen LogP contribution < -0.4 is 0 Å². The largest absolute Gasteiger partial charge is 0.480 e. The van der Waals surface area contributed by atoms with E-state index in [-0.39, 0.29) is 24.8 Å². The summed E-state index contributed by atoms with van der Waals surface area (Å²) in [5.41, 5.74) is 3.04. The Hall–Kier alpha value is -2.67. The Bertz CT molecular complexity index is 767. The summed E-state index contributed by atoms with van der Waals surface area (Å²) in [6.45, 7) is 4.43. The number of aryl methyl sites for hydroxylation is 2. The van der Waals surface area contributed by atoms with Crippen molar-refractivity contribution in [3.63, 3.8) is 0 Å². The molecular formula is C17H19N3O4. The first kappa shape index (κ1) is 16.2. The molecule has 1 saturated heterocycles. The first-order valence-corrected chi connectivity index (χ1v) is 7.72. The van der Waals surface area contributed by atoms with Crippen molar-refractivity contribution in [1.82, 2.24) is 14.7 Å². The molecule has 126 valence electrons. The third-order valence-corrected chi connectivity index (χ3v) is 4.06. The monoisotopic (exact) mass is 329 g/mol. The zero-order valence-electron chi connectivity index (χ0n) is 13.6. The third-order valence-electron chi connectivity index (χ3n) is 4.06. The van der Waals surface area contributed by atoms with Crippen molar-refractivity contribution < 1.29 is 19.4 Å². The molecule has 1 aromatic heterocycles. The summed E-state index contributed by atoms with van der Waals surface area (Å²) in [5, 5.41) is 13.6. The first-order valence-electron chi connectivity index (χ1n) is 7.72. The molecule has 2 aromatic rings. The maximum Gasteiger partial charge on any atom is 0.328 e. The van der Waals surface area contributed by atoms with Gasteiger partial charge in [0.05, 0.1) is 18.9 Å². The van der Waals surface area contributed by atoms with Gasteiger partial charge in [0, 0.05) is 12.2 Å². The van der Waals surface area contributed by atoms with Crippen LogP contribution in [0.4, 0.5) is 0 Å². The molecule has 0 bridgehead atoms. The van der Waals surface area contributed by atoms with Gasteiger partial charge >= 0.3 is 5.97 Å². The minimum Gasteiger partial charge on any atom is -0.480 e. The van der Waals surface area contributed by atoms with Gasteiger partial charge in [-0.15, -0.1) is 0 Å². The minimum atomic E-state index is -1.07. The number of carbonyl (C=O) groups excluding carboxylic acids is 1. The van der Waals surface area contributed by atoms with Crippen molar-refractivity contribution in [3.05, 3.63) is 47.3 Å². The molecule has 1 N–H and O–H groups in total. The third kappa shape index (κ3) is 3.03. The van der Waals surface area contributed by atoms with E-state index in [1.54, 1.807) is 10.7 Å². The predicted molar refractivity (Wildman–Crippen MR) is 86.3 cm³/mol. The van der Waals surface area contributed by atoms with Crippen LogP contribution >= 0.6 is 0 Å². The van der Waals surface area contributed by atoms with E-state index in [1.165, 1.54) is 4.90 Å². The van der Waals surface area contributed by atoms with E-state index in [0.29, 0.717) is 6.61 Å². The lowest BCUT2D eigenvalue weighted by Gasteiger charge is -2.32. The van der Waals surface area contributed by atoms with Gasteiger partial charge in [0.25, 0.3) is 5.91 Å². The molecule has 0 radical (unpaired) electrons. The second-order valence-corrected chi connectivity index (χ2v) is 5.85. The minimum absolute atomic E-state index is 0.00126. The van der Waals surface area contributed by atoms with E-state index in [2.05, 4.69) is 5.10 Å². The van der Waals surface area contributed by atoms with Gasteiger partial charge < -0.3 is 14.7 Å². The van der Waals surface area contributed by atoms with Crippen LogP contribution in [-0.4, -0.2) is 57.5 Å². The number of carboxylic acids is 1. The summed E-state index contributed by atoms with van der Waals surface area (Å²) in [4.78, 5) is 25.3. The molecule has 1 aromatic carbocycles. The van der Waals surface area contributed by atoms with Crippen LogP contribution in [0.15, 0.2) is 30.3 Å². The van der Waals surface area contributed by atoms with Crippen LogP contribution in [0.3, 0.4) is 0 Å². The van der Waals surface area contributed by atoms with Crippen LogP contribution in [0, 0.1) is 13.8 Å². The summed E-state index contributed by atoms with van der Waals surface area (Å²) < 4.78 is 6.85. The lowest BCUT2D eigenvalue weighted by Crippen LogP contribution is -2.52. The molecular weight excluding hydrogens is 310 g/mol. The van der Waals surface area contributed by atoms with Crippen LogP contribution in [0.25, 0.3) is 5.69 Å². The molecule has 1 aliphatic heterocycles. The quantitative estimate of drug-likeness (QED) is 0.920. The Morgan fingerprint density at radius 2 is 1.96 bits per heavy atom. The van der Waals surface area contributed by atoms with Crippen LogP contribution in [0.5, 0.6) is 0 Å². The highest BCUT2D eigenvalue weighted by molar-refractivity contribution is 5.95. The van der Waals surface area contributed by atoms with Crippen LogP contribution in [-0.2, 0) is 9.53 Å². The number of hydrogen-bond donors (Lipinski definition) is 1. The smallest absolute Gasteiger partial charge is 0.328 e. The standard InChI is InChI=1S/C17H19N3O4/c1-11-3-5-13(6-4-11)20-12(2)9-14(18-20)16(21)19-7-8-24-10-15(19)17(22)23/h3-6,9,15H,7-8,10H2,1-2H3,(H,22,23). The Morgan fingerprint density at radius 1 is 1.25 bits per heavy atom. The summed E-state index contributed by atoms with van der Waals surface area (Å²) in [6, 6.07) is 8.50. The zero-order valence-corrected chi connectivity index (χ0v) is 13.6. The van der Waals surface area contributed by atoms with E-state index in [1.807, 2.05) is 38.1 Å². The number of carbonyl (C=O) groups is 2. The van der Waals surface area contributed by atoms with Gasteiger partial charge in [-0.1, -0.05) is 17.7 Å². The molecule has 3 rings (SSSR count). The molecule has 2 heterocycles. The first-order chi connectivity index (χ1) is 11.5. The molecule has 0 aliphatic carbocycles. The van der Waals surface area contributed by atoms with Gasteiger partial charge in [-0.2, -0.15) is 5.10 Å². The number of benzene rings is 1. The number of nitrogens with zero attached hydrogens (tertiary/aromatic N) is 3. The Labute approximate surface area is 139 Å². The molecule has 7 heteroatoms. The van der Waals surface area contributed by atoms with E-state index < -0.39 is 12.0 Å². The van der Waals surface area contributed by atoms with Gasteiger partial charge in [0.1, 0.15) is 0 Å². The van der Waals surface area contributed by atoms with E-state index >= 15 is 0 Å². The molecule has 7 nitrogen and oxygen atoms in total. The lowest BCUT2D eigenvalue weighted by atomic mass is 10.2. The summed E-state index contributed by atoms with van der Waals surface area (Å²) in [6.07, 6.45) is 0. The summed E-state index contributed by atoms with van der Waals surface area (Å²) in [7, 11) is 0. The number of rotatable bonds is 3. The Morgan fingerprint density at radius 3 is 2.62 bits per heavy atom. The van der Waals surface area contributed by atoms with E-state index in [0.717, 1.165) is 16.9 Å². The second kappa shape index (κ2) is 6.45. The van der Waals surface area contributed by atoms with Crippen LogP contribution in [0.2, 0.25) is 0 Å². The normalized spacial score (nSPS) is 17.8. The number of ether oxygens (including phenoxy) is 1. The van der Waals surface area contributed by atoms with Crippen molar-refractivity contribution in [1.29, 1.82) is 0 Å². The second-order valence-electron chi connectivity index (χ2n) is 5.85. The molecule has 24 heavy (non-hydrogen) atoms. The summed E-state index contributed by atoms with van der Waals surface area (Å²) >= 11 is 0. The predicted octanol–water partition coefficient (Wildman–Crippen LogP) is 1.41. The fourth-order valence-corrected chi connectivity index (χ4v) is 2.72. The van der Waals surface area contributed by atoms with Crippen molar-refractivity contribution >= 4 is 11.9 Å². The fourth-order valence-electron chi connectivity index (χ4n) is 2.72. The molecule has 0 saturated carbocycles. The number of hydrogen-bond acceptors (Lipinski definition) is 4. The number of amides is 1. The maximum absolute atomic E-state index is 12.7. The van der Waals surface area contributed by atoms with Gasteiger partial charge in [-0.05, 0) is 32.0 Å². The molecule has 1 fully saturated rings. The Balaban J connectivity index is 1.89. The highest BCUT2D eigenvalue weighted by Crippen LogP contribution is 2.17. The van der Waals surface area contributed by atoms with Crippen LogP contribution in [0.1, 0.15) is 21.7 Å². The van der Waals surface area contributed by atoms with Crippen molar-refractivity contribution in [2.24, 2.45) is 0 Å². The zero-order chi connectivity index (χ0) is 17.3. The van der Waals surface area contributed by atoms with Gasteiger partial charge in [0.2, 0.25) is 0 Å². The molecule has 0 spiro atoms. The molecule has 1 aliphatic rings. The van der Waals surface area contributed by atoms with Gasteiger partial charge in [-0.25, -0.2) is 9.48 Å². The fraction of sp³-hybridized carbons (Fsp3) is 0.353. The molecule has 1 unspecified atom stereocenters. The Kier molecular flexibility index (Phi) is 4.35. The van der Waals surface area contributed by atoms with Crippen molar-refractivity contribution in [2.75, 3.05) is 19.8 Å². The number of aromatic nitrogens is 2. The topological polar surface area (TPSA) is 84.7 Å². The van der Waals surface area contributed by atoms with E-state index in [9.17, 15) is 14.7 Å². The summed E-state index contributed by atoms with van der Waals surface area (Å²) in [5.74, 6) is -1.46. The average molecular weight is 329 g/mol. The van der Waals surface area contributed by atoms with Crippen molar-refractivity contribution in [3.8, 4) is 5.69 Å². The lowest BCUT2D eigenvalue weighted by molar-refractivity contribution is -0.147. The highest BCUT2D eigenvalue weighted by atomic mass is 16.5. The highest BCUT2D eigenvalue weighted by Gasteiger charge is 2.34. The molecule has 1 atom stereocenters. The molecule has 1 amide bonds. The SMILES string of the molecule is Cc1ccc(-n2nc(C(=O)N3CCOCC3C(=O)O)cc2C)cc1. The average Bonchev–Trinajstić information content (AvgIpc) is 2.96. The number of aliphatic carboxylic acids is 1. The number of morpholine rings is 1. The van der Waals surface area contributed by atoms with E-state index in [4.69, 9.17) is 4.74 Å². The van der Waals surface area contributed by atoms with Crippen molar-refractivity contribution in [2.45, 2.75) is 19.9 Å².